The highest BCUT2D eigenvalue weighted by molar-refractivity contribution is 7.85. The van der Waals surface area contributed by atoms with Crippen LogP contribution in [0.15, 0.2) is 24.3 Å². The first-order chi connectivity index (χ1) is 9.65. The third-order valence-corrected chi connectivity index (χ3v) is 5.19. The fraction of sp³-hybridized carbons (Fsp3) is 0.533. The fourth-order valence-corrected chi connectivity index (χ4v) is 3.99. The number of nitrogen functional groups attached to an aromatic ring is 1. The van der Waals surface area contributed by atoms with Crippen molar-refractivity contribution in [3.63, 3.8) is 0 Å². The quantitative estimate of drug-likeness (QED) is 0.792. The number of nitrogens with two attached hydrogens (primary N) is 1. The van der Waals surface area contributed by atoms with Gasteiger partial charge in [-0.1, -0.05) is 25.0 Å². The van der Waals surface area contributed by atoms with Crippen molar-refractivity contribution >= 4 is 28.1 Å². The number of carbonyl (C=O) groups excluding carboxylic acids is 1. The summed E-state index contributed by atoms with van der Waals surface area (Å²) in [5, 5.41) is 2.76. The van der Waals surface area contributed by atoms with Gasteiger partial charge in [-0.25, -0.2) is 0 Å². The van der Waals surface area contributed by atoms with Crippen molar-refractivity contribution in [1.82, 2.24) is 0 Å². The van der Waals surface area contributed by atoms with Gasteiger partial charge >= 0.3 is 0 Å². The van der Waals surface area contributed by atoms with Gasteiger partial charge in [0.2, 0.25) is 5.91 Å². The molecule has 1 amide bonds. The molecule has 1 aliphatic carbocycles. The van der Waals surface area contributed by atoms with Gasteiger partial charge in [0.15, 0.2) is 0 Å². The predicted octanol–water partition coefficient (Wildman–Crippen LogP) is 2.54. The molecule has 1 aliphatic rings. The maximum Gasteiger partial charge on any atom is 0.225 e. The van der Waals surface area contributed by atoms with Crippen LogP contribution in [0.3, 0.4) is 0 Å². The number of carbonyl (C=O) groups is 1. The molecule has 3 N–H and O–H groups in total. The predicted molar refractivity (Wildman–Crippen MR) is 83.9 cm³/mol. The molecule has 5 heteroatoms. The van der Waals surface area contributed by atoms with Crippen molar-refractivity contribution in [3.05, 3.63) is 24.3 Å². The normalized spacial score (nSPS) is 17.0. The van der Waals surface area contributed by atoms with Gasteiger partial charge < -0.3 is 11.1 Å². The van der Waals surface area contributed by atoms with Gasteiger partial charge in [-0.15, -0.1) is 0 Å². The van der Waals surface area contributed by atoms with Crippen molar-refractivity contribution in [3.8, 4) is 0 Å². The van der Waals surface area contributed by atoms with Gasteiger partial charge in [-0.05, 0) is 30.9 Å². The molecule has 0 bridgehead atoms. The summed E-state index contributed by atoms with van der Waals surface area (Å²) in [5.41, 5.74) is 6.93. The Hall–Kier alpha value is -1.36. The molecule has 0 saturated heterocycles. The van der Waals surface area contributed by atoms with E-state index in [0.29, 0.717) is 23.0 Å². The Morgan fingerprint density at radius 2 is 2.00 bits per heavy atom. The standard InChI is InChI=1S/C15H22N2O2S/c16-13-7-3-4-8-14(13)17-15(18)9-10-20(19)11-12-5-1-2-6-12/h3-4,7-8,12H,1-2,5-6,9-11,16H2,(H,17,18). The average Bonchev–Trinajstić information content (AvgIpc) is 2.92. The van der Waals surface area contributed by atoms with Crippen molar-refractivity contribution < 1.29 is 9.00 Å². The molecule has 0 heterocycles. The van der Waals surface area contributed by atoms with E-state index in [4.69, 9.17) is 5.73 Å². The second-order valence-electron chi connectivity index (χ2n) is 5.35. The highest BCUT2D eigenvalue weighted by Gasteiger charge is 2.18. The maximum atomic E-state index is 11.9. The van der Waals surface area contributed by atoms with Gasteiger partial charge in [0.25, 0.3) is 0 Å². The van der Waals surface area contributed by atoms with Gasteiger partial charge in [0, 0.05) is 28.7 Å². The SMILES string of the molecule is Nc1ccccc1NC(=O)CCS(=O)CC1CCCC1. The van der Waals surface area contributed by atoms with E-state index in [-0.39, 0.29) is 12.3 Å². The van der Waals surface area contributed by atoms with Crippen molar-refractivity contribution in [2.24, 2.45) is 5.92 Å². The number of anilines is 2. The lowest BCUT2D eigenvalue weighted by atomic mass is 10.1. The number of hydrogen-bond donors (Lipinski definition) is 2. The van der Waals surface area contributed by atoms with Gasteiger partial charge in [-0.2, -0.15) is 0 Å². The average molecular weight is 294 g/mol. The summed E-state index contributed by atoms with van der Waals surface area (Å²) < 4.78 is 11.9. The molecule has 1 atom stereocenters. The summed E-state index contributed by atoms with van der Waals surface area (Å²) in [6.07, 6.45) is 5.19. The molecule has 2 rings (SSSR count). The van der Waals surface area contributed by atoms with E-state index in [0.717, 1.165) is 5.75 Å². The van der Waals surface area contributed by atoms with Gasteiger partial charge in [-0.3, -0.25) is 9.00 Å². The number of nitrogens with one attached hydrogen (secondary N) is 1. The fourth-order valence-electron chi connectivity index (χ4n) is 2.55. The minimum absolute atomic E-state index is 0.123. The number of amides is 1. The topological polar surface area (TPSA) is 72.2 Å². The highest BCUT2D eigenvalue weighted by Crippen LogP contribution is 2.25. The monoisotopic (exact) mass is 294 g/mol. The molecule has 0 aromatic heterocycles. The van der Waals surface area contributed by atoms with Gasteiger partial charge in [0.1, 0.15) is 0 Å². The molecule has 0 aliphatic heterocycles. The van der Waals surface area contributed by atoms with E-state index >= 15 is 0 Å². The minimum Gasteiger partial charge on any atom is -0.397 e. The zero-order valence-corrected chi connectivity index (χ0v) is 12.5. The van der Waals surface area contributed by atoms with E-state index in [1.54, 1.807) is 12.1 Å². The van der Waals surface area contributed by atoms with Crippen molar-refractivity contribution in [1.29, 1.82) is 0 Å². The van der Waals surface area contributed by atoms with Gasteiger partial charge in [0.05, 0.1) is 11.4 Å². The van der Waals surface area contributed by atoms with Crippen LogP contribution in [-0.4, -0.2) is 21.6 Å². The molecular formula is C15H22N2O2S. The first kappa shape index (κ1) is 15.0. The first-order valence-electron chi connectivity index (χ1n) is 7.14. The summed E-state index contributed by atoms with van der Waals surface area (Å²) in [4.78, 5) is 11.8. The molecule has 1 unspecified atom stereocenters. The van der Waals surface area contributed by atoms with E-state index in [1.807, 2.05) is 12.1 Å². The molecule has 1 aromatic carbocycles. The second-order valence-corrected chi connectivity index (χ2v) is 6.97. The van der Waals surface area contributed by atoms with Crippen LogP contribution in [0.1, 0.15) is 32.1 Å². The van der Waals surface area contributed by atoms with Crippen molar-refractivity contribution in [2.75, 3.05) is 22.6 Å². The smallest absolute Gasteiger partial charge is 0.225 e. The van der Waals surface area contributed by atoms with Crippen LogP contribution in [0.25, 0.3) is 0 Å². The Balaban J connectivity index is 1.72. The third-order valence-electron chi connectivity index (χ3n) is 3.69. The number of rotatable bonds is 6. The third kappa shape index (κ3) is 4.63. The van der Waals surface area contributed by atoms with Crippen LogP contribution < -0.4 is 11.1 Å². The lowest BCUT2D eigenvalue weighted by Crippen LogP contribution is -2.18. The maximum absolute atomic E-state index is 11.9. The summed E-state index contributed by atoms with van der Waals surface area (Å²) in [6, 6.07) is 7.16. The molecule has 0 spiro atoms. The Kier molecular flexibility index (Phi) is 5.59. The van der Waals surface area contributed by atoms with Crippen LogP contribution in [0.2, 0.25) is 0 Å². The minimum atomic E-state index is -0.886. The molecule has 1 aromatic rings. The lowest BCUT2D eigenvalue weighted by Gasteiger charge is -2.09. The zero-order valence-electron chi connectivity index (χ0n) is 11.6. The summed E-state index contributed by atoms with van der Waals surface area (Å²) in [6.45, 7) is 0. The largest absolute Gasteiger partial charge is 0.397 e. The van der Waals surface area contributed by atoms with E-state index in [1.165, 1.54) is 25.7 Å². The number of benzene rings is 1. The summed E-state index contributed by atoms with van der Waals surface area (Å²) >= 11 is 0. The summed E-state index contributed by atoms with van der Waals surface area (Å²) in [5.74, 6) is 1.67. The molecule has 4 nitrogen and oxygen atoms in total. The second kappa shape index (κ2) is 7.43. The molecule has 20 heavy (non-hydrogen) atoms. The first-order valence-corrected chi connectivity index (χ1v) is 8.63. The Bertz CT molecular complexity index is 485. The van der Waals surface area contributed by atoms with Crippen LogP contribution in [0.5, 0.6) is 0 Å². The Morgan fingerprint density at radius 1 is 1.30 bits per heavy atom. The van der Waals surface area contributed by atoms with E-state index in [9.17, 15) is 9.00 Å². The van der Waals surface area contributed by atoms with Crippen LogP contribution >= 0.6 is 0 Å². The zero-order chi connectivity index (χ0) is 14.4. The number of hydrogen-bond acceptors (Lipinski definition) is 3. The molecule has 1 saturated carbocycles. The van der Waals surface area contributed by atoms with E-state index in [2.05, 4.69) is 5.32 Å². The van der Waals surface area contributed by atoms with Crippen LogP contribution in [0, 0.1) is 5.92 Å². The molecule has 110 valence electrons. The molecule has 1 fully saturated rings. The Labute approximate surface area is 122 Å². The molecule has 0 radical (unpaired) electrons. The lowest BCUT2D eigenvalue weighted by molar-refractivity contribution is -0.115. The number of para-hydroxylation sites is 2. The highest BCUT2D eigenvalue weighted by atomic mass is 32.2. The van der Waals surface area contributed by atoms with Crippen molar-refractivity contribution in [2.45, 2.75) is 32.1 Å². The van der Waals surface area contributed by atoms with E-state index < -0.39 is 10.8 Å². The van der Waals surface area contributed by atoms with Crippen LogP contribution in [0.4, 0.5) is 11.4 Å². The summed E-state index contributed by atoms with van der Waals surface area (Å²) in [7, 11) is -0.886. The van der Waals surface area contributed by atoms with Crippen LogP contribution in [-0.2, 0) is 15.6 Å². The molecular weight excluding hydrogens is 272 g/mol. The Morgan fingerprint density at radius 3 is 2.70 bits per heavy atom.